The smallest absolute Gasteiger partial charge is 0.242 e. The van der Waals surface area contributed by atoms with E-state index in [0.29, 0.717) is 35.1 Å². The van der Waals surface area contributed by atoms with Gasteiger partial charge < -0.3 is 10.2 Å². The number of sulfonamides is 1. The van der Waals surface area contributed by atoms with Crippen molar-refractivity contribution < 1.29 is 18.0 Å². The molecule has 0 saturated heterocycles. The monoisotopic (exact) mass is 527 g/mol. The molecule has 0 aliphatic carbocycles. The molecule has 2 rings (SSSR count). The summed E-state index contributed by atoms with van der Waals surface area (Å²) in [7, 11) is -3.52. The summed E-state index contributed by atoms with van der Waals surface area (Å²) in [6.45, 7) is 4.44. The number of anilines is 1. The SMILES string of the molecule is CCNC(=O)C(CC)N(Cc1ccc(Cl)c(Cl)c1)C(=O)CCCN(c1ccccc1)S(C)(=O)=O. The zero-order chi connectivity index (χ0) is 25.3. The molecule has 0 heterocycles. The van der Waals surface area contributed by atoms with E-state index in [4.69, 9.17) is 23.2 Å². The predicted octanol–water partition coefficient (Wildman–Crippen LogP) is 4.48. The van der Waals surface area contributed by atoms with E-state index in [0.717, 1.165) is 11.8 Å². The maximum atomic E-state index is 13.3. The van der Waals surface area contributed by atoms with Gasteiger partial charge in [-0.05, 0) is 49.6 Å². The molecule has 0 aliphatic rings. The molecule has 2 amide bonds. The Balaban J connectivity index is 2.21. The number of carbonyl (C=O) groups excluding carboxylic acids is 2. The van der Waals surface area contributed by atoms with Crippen molar-refractivity contribution in [2.45, 2.75) is 45.7 Å². The number of hydrogen-bond donors (Lipinski definition) is 1. The summed E-state index contributed by atoms with van der Waals surface area (Å²) in [5, 5.41) is 3.55. The van der Waals surface area contributed by atoms with Crippen LogP contribution in [0.2, 0.25) is 10.0 Å². The van der Waals surface area contributed by atoms with E-state index >= 15 is 0 Å². The number of benzene rings is 2. The molecule has 34 heavy (non-hydrogen) atoms. The fraction of sp³-hybridized carbons (Fsp3) is 0.417. The van der Waals surface area contributed by atoms with Gasteiger partial charge in [-0.1, -0.05) is 54.4 Å². The van der Waals surface area contributed by atoms with Gasteiger partial charge in [0.1, 0.15) is 6.04 Å². The zero-order valence-electron chi connectivity index (χ0n) is 19.6. The van der Waals surface area contributed by atoms with Crippen LogP contribution in [0.25, 0.3) is 0 Å². The lowest BCUT2D eigenvalue weighted by atomic mass is 10.1. The lowest BCUT2D eigenvalue weighted by molar-refractivity contribution is -0.141. The molecule has 2 aromatic rings. The molecule has 10 heteroatoms. The molecule has 7 nitrogen and oxygen atoms in total. The van der Waals surface area contributed by atoms with Crippen LogP contribution in [0.5, 0.6) is 0 Å². The summed E-state index contributed by atoms with van der Waals surface area (Å²) >= 11 is 12.2. The van der Waals surface area contributed by atoms with Gasteiger partial charge in [-0.3, -0.25) is 13.9 Å². The molecule has 2 aromatic carbocycles. The third-order valence-corrected chi connectivity index (χ3v) is 7.20. The van der Waals surface area contributed by atoms with E-state index < -0.39 is 16.1 Å². The minimum atomic E-state index is -3.52. The lowest BCUT2D eigenvalue weighted by Gasteiger charge is -2.31. The summed E-state index contributed by atoms with van der Waals surface area (Å²) in [5.74, 6) is -0.480. The Morgan fingerprint density at radius 3 is 2.26 bits per heavy atom. The summed E-state index contributed by atoms with van der Waals surface area (Å²) in [5.41, 5.74) is 1.28. The topological polar surface area (TPSA) is 86.8 Å². The third-order valence-electron chi connectivity index (χ3n) is 5.27. The second kappa shape index (κ2) is 13.0. The number of rotatable bonds is 12. The third kappa shape index (κ3) is 7.89. The van der Waals surface area contributed by atoms with Crippen LogP contribution in [0.3, 0.4) is 0 Å². The number of carbonyl (C=O) groups is 2. The van der Waals surface area contributed by atoms with Gasteiger partial charge in [-0.15, -0.1) is 0 Å². The number of nitrogens with zero attached hydrogens (tertiary/aromatic N) is 2. The normalized spacial score (nSPS) is 12.1. The van der Waals surface area contributed by atoms with E-state index in [1.807, 2.05) is 13.8 Å². The predicted molar refractivity (Wildman–Crippen MR) is 138 cm³/mol. The molecule has 1 unspecified atom stereocenters. The van der Waals surface area contributed by atoms with Gasteiger partial charge in [-0.2, -0.15) is 0 Å². The summed E-state index contributed by atoms with van der Waals surface area (Å²) in [4.78, 5) is 27.5. The van der Waals surface area contributed by atoms with Gasteiger partial charge in [0, 0.05) is 26.1 Å². The summed E-state index contributed by atoms with van der Waals surface area (Å²) in [6.07, 6.45) is 1.94. The number of para-hydroxylation sites is 1. The highest BCUT2D eigenvalue weighted by atomic mass is 35.5. The van der Waals surface area contributed by atoms with Crippen LogP contribution in [0.4, 0.5) is 5.69 Å². The number of amides is 2. The number of nitrogens with one attached hydrogen (secondary N) is 1. The molecule has 0 spiro atoms. The van der Waals surface area contributed by atoms with Crippen LogP contribution < -0.4 is 9.62 Å². The highest BCUT2D eigenvalue weighted by Gasteiger charge is 2.28. The highest BCUT2D eigenvalue weighted by Crippen LogP contribution is 2.24. The van der Waals surface area contributed by atoms with E-state index in [1.54, 1.807) is 48.5 Å². The van der Waals surface area contributed by atoms with Crippen LogP contribution in [0.15, 0.2) is 48.5 Å². The van der Waals surface area contributed by atoms with Gasteiger partial charge in [0.25, 0.3) is 0 Å². The molecular formula is C24H31Cl2N3O4S. The summed E-state index contributed by atoms with van der Waals surface area (Å²) < 4.78 is 25.9. The Morgan fingerprint density at radius 1 is 1.03 bits per heavy atom. The zero-order valence-corrected chi connectivity index (χ0v) is 22.0. The minimum Gasteiger partial charge on any atom is -0.355 e. The van der Waals surface area contributed by atoms with Crippen LogP contribution in [0.1, 0.15) is 38.7 Å². The first-order valence-corrected chi connectivity index (χ1v) is 13.7. The van der Waals surface area contributed by atoms with Crippen molar-refractivity contribution in [3.63, 3.8) is 0 Å². The molecule has 0 bridgehead atoms. The molecule has 0 saturated carbocycles. The van der Waals surface area contributed by atoms with E-state index in [9.17, 15) is 18.0 Å². The Morgan fingerprint density at radius 2 is 1.71 bits per heavy atom. The highest BCUT2D eigenvalue weighted by molar-refractivity contribution is 7.92. The van der Waals surface area contributed by atoms with Crippen molar-refractivity contribution in [3.05, 3.63) is 64.1 Å². The molecule has 1 N–H and O–H groups in total. The first-order chi connectivity index (χ1) is 16.1. The van der Waals surface area contributed by atoms with Gasteiger partial charge in [0.15, 0.2) is 0 Å². The Kier molecular flexibility index (Phi) is 10.7. The van der Waals surface area contributed by atoms with E-state index in [-0.39, 0.29) is 31.3 Å². The Labute approximate surface area is 212 Å². The fourth-order valence-electron chi connectivity index (χ4n) is 3.64. The average molecular weight is 529 g/mol. The molecule has 186 valence electrons. The first kappa shape index (κ1) is 28.0. The van der Waals surface area contributed by atoms with Crippen LogP contribution in [-0.4, -0.2) is 50.5 Å². The van der Waals surface area contributed by atoms with Crippen molar-refractivity contribution in [2.75, 3.05) is 23.7 Å². The van der Waals surface area contributed by atoms with Crippen LogP contribution in [-0.2, 0) is 26.2 Å². The number of likely N-dealkylation sites (N-methyl/N-ethyl adjacent to an activating group) is 1. The number of halogens is 2. The number of hydrogen-bond acceptors (Lipinski definition) is 4. The van der Waals surface area contributed by atoms with Gasteiger partial charge in [0.2, 0.25) is 21.8 Å². The lowest BCUT2D eigenvalue weighted by Crippen LogP contribution is -2.49. The van der Waals surface area contributed by atoms with E-state index in [2.05, 4.69) is 5.32 Å². The van der Waals surface area contributed by atoms with Crippen LogP contribution in [0, 0.1) is 0 Å². The quantitative estimate of drug-likeness (QED) is 0.440. The molecular weight excluding hydrogens is 497 g/mol. The minimum absolute atomic E-state index is 0.0794. The average Bonchev–Trinajstić information content (AvgIpc) is 2.78. The van der Waals surface area contributed by atoms with Crippen molar-refractivity contribution in [3.8, 4) is 0 Å². The van der Waals surface area contributed by atoms with Gasteiger partial charge in [-0.25, -0.2) is 8.42 Å². The van der Waals surface area contributed by atoms with Crippen molar-refractivity contribution >= 4 is 50.7 Å². The second-order valence-electron chi connectivity index (χ2n) is 7.86. The molecule has 0 aromatic heterocycles. The Bertz CT molecular complexity index is 1080. The first-order valence-electron chi connectivity index (χ1n) is 11.1. The van der Waals surface area contributed by atoms with Crippen molar-refractivity contribution in [1.82, 2.24) is 10.2 Å². The fourth-order valence-corrected chi connectivity index (χ4v) is 4.93. The standard InChI is InChI=1S/C24H31Cl2N3O4S/c1-4-22(24(31)27-5-2)28(17-18-13-14-20(25)21(26)16-18)23(30)12-9-15-29(34(3,32)33)19-10-7-6-8-11-19/h6-8,10-11,13-14,16,22H,4-5,9,12,15,17H2,1-3H3,(H,27,31). The van der Waals surface area contributed by atoms with E-state index in [1.165, 1.54) is 9.21 Å². The van der Waals surface area contributed by atoms with Crippen molar-refractivity contribution in [2.24, 2.45) is 0 Å². The Hall–Kier alpha value is -2.29. The summed E-state index contributed by atoms with van der Waals surface area (Å²) in [6, 6.07) is 13.2. The maximum Gasteiger partial charge on any atom is 0.242 e. The maximum absolute atomic E-state index is 13.3. The van der Waals surface area contributed by atoms with Crippen molar-refractivity contribution in [1.29, 1.82) is 0 Å². The molecule has 0 fully saturated rings. The van der Waals surface area contributed by atoms with Crippen LogP contribution >= 0.6 is 23.2 Å². The van der Waals surface area contributed by atoms with Gasteiger partial charge >= 0.3 is 0 Å². The van der Waals surface area contributed by atoms with Gasteiger partial charge in [0.05, 0.1) is 22.0 Å². The largest absolute Gasteiger partial charge is 0.355 e. The molecule has 0 aliphatic heterocycles. The molecule has 1 atom stereocenters. The second-order valence-corrected chi connectivity index (χ2v) is 10.6. The molecule has 0 radical (unpaired) electrons.